The lowest BCUT2D eigenvalue weighted by atomic mass is 10.2. The van der Waals surface area contributed by atoms with E-state index < -0.39 is 0 Å². The van der Waals surface area contributed by atoms with Crippen molar-refractivity contribution < 1.29 is 14.2 Å². The van der Waals surface area contributed by atoms with Gasteiger partial charge in [-0.3, -0.25) is 4.99 Å². The summed E-state index contributed by atoms with van der Waals surface area (Å²) in [5.74, 6) is 2.61. The fourth-order valence-corrected chi connectivity index (χ4v) is 3.33. The predicted molar refractivity (Wildman–Crippen MR) is 129 cm³/mol. The lowest BCUT2D eigenvalue weighted by Crippen LogP contribution is -1.99. The Morgan fingerprint density at radius 2 is 1.47 bits per heavy atom. The van der Waals surface area contributed by atoms with Gasteiger partial charge >= 0.3 is 0 Å². The van der Waals surface area contributed by atoms with Gasteiger partial charge in [-0.15, -0.1) is 0 Å². The van der Waals surface area contributed by atoms with Crippen LogP contribution in [-0.2, 0) is 6.61 Å². The topological polar surface area (TPSA) is 40.0 Å². The summed E-state index contributed by atoms with van der Waals surface area (Å²) >= 11 is 6.48. The Balaban J connectivity index is 1.44. The van der Waals surface area contributed by atoms with E-state index in [0.29, 0.717) is 23.1 Å². The maximum atomic E-state index is 6.48. The quantitative estimate of drug-likeness (QED) is 0.265. The summed E-state index contributed by atoms with van der Waals surface area (Å²) in [4.78, 5) is 4.53. The number of methoxy groups -OCH3 is 1. The zero-order chi connectivity index (χ0) is 22.2. The van der Waals surface area contributed by atoms with Crippen LogP contribution in [0, 0.1) is 0 Å². The Morgan fingerprint density at radius 1 is 0.812 bits per heavy atom. The number of aliphatic imine (C=N–C) groups is 1. The normalized spacial score (nSPS) is 10.8. The predicted octanol–water partition coefficient (Wildman–Crippen LogP) is 7.47. The molecule has 0 aromatic heterocycles. The summed E-state index contributed by atoms with van der Waals surface area (Å²) in [5, 5.41) is 0.466. The van der Waals surface area contributed by atoms with E-state index in [9.17, 15) is 0 Å². The van der Waals surface area contributed by atoms with Crippen LogP contribution in [0.15, 0.2) is 102 Å². The number of ether oxygens (including phenoxy) is 3. The van der Waals surface area contributed by atoms with Crippen LogP contribution < -0.4 is 14.2 Å². The van der Waals surface area contributed by atoms with Crippen LogP contribution in [0.1, 0.15) is 11.1 Å². The fraction of sp³-hybridized carbons (Fsp3) is 0.0741. The average molecular weight is 444 g/mol. The smallest absolute Gasteiger partial charge is 0.180 e. The first kappa shape index (κ1) is 21.5. The van der Waals surface area contributed by atoms with E-state index in [1.807, 2.05) is 91.0 Å². The first-order valence-corrected chi connectivity index (χ1v) is 10.5. The van der Waals surface area contributed by atoms with Gasteiger partial charge in [0, 0.05) is 6.21 Å². The molecule has 0 N–H and O–H groups in total. The molecular formula is C27H22ClNO3. The molecular weight excluding hydrogens is 422 g/mol. The Hall–Kier alpha value is -3.76. The van der Waals surface area contributed by atoms with E-state index >= 15 is 0 Å². The summed E-state index contributed by atoms with van der Waals surface area (Å²) in [6.45, 7) is 0.405. The van der Waals surface area contributed by atoms with Crippen LogP contribution >= 0.6 is 11.6 Å². The second-order valence-corrected chi connectivity index (χ2v) is 7.38. The van der Waals surface area contributed by atoms with Gasteiger partial charge in [0.25, 0.3) is 0 Å². The van der Waals surface area contributed by atoms with E-state index in [4.69, 9.17) is 25.8 Å². The van der Waals surface area contributed by atoms with Gasteiger partial charge in [0.05, 0.1) is 17.8 Å². The van der Waals surface area contributed by atoms with Crippen LogP contribution in [-0.4, -0.2) is 13.3 Å². The Kier molecular flexibility index (Phi) is 7.05. The Bertz CT molecular complexity index is 1180. The molecule has 4 aromatic rings. The van der Waals surface area contributed by atoms with Crippen molar-refractivity contribution in [3.05, 3.63) is 113 Å². The molecule has 0 unspecified atom stereocenters. The van der Waals surface area contributed by atoms with Gasteiger partial charge in [0.1, 0.15) is 18.1 Å². The summed E-state index contributed by atoms with van der Waals surface area (Å²) in [6, 6.07) is 30.8. The van der Waals surface area contributed by atoms with Gasteiger partial charge < -0.3 is 14.2 Å². The molecule has 0 amide bonds. The largest absolute Gasteiger partial charge is 0.493 e. The molecule has 0 aliphatic heterocycles. The number of nitrogens with zero attached hydrogens (tertiary/aromatic N) is 1. The lowest BCUT2D eigenvalue weighted by Gasteiger charge is -2.13. The second-order valence-electron chi connectivity index (χ2n) is 6.98. The van der Waals surface area contributed by atoms with Gasteiger partial charge in [-0.25, -0.2) is 0 Å². The van der Waals surface area contributed by atoms with E-state index in [0.717, 1.165) is 28.3 Å². The monoisotopic (exact) mass is 443 g/mol. The Morgan fingerprint density at radius 3 is 2.16 bits per heavy atom. The van der Waals surface area contributed by atoms with Crippen LogP contribution in [0.4, 0.5) is 5.69 Å². The van der Waals surface area contributed by atoms with Crippen molar-refractivity contribution in [2.24, 2.45) is 4.99 Å². The van der Waals surface area contributed by atoms with Crippen LogP contribution in [0.3, 0.4) is 0 Å². The molecule has 0 atom stereocenters. The van der Waals surface area contributed by atoms with Crippen LogP contribution in [0.5, 0.6) is 23.0 Å². The minimum Gasteiger partial charge on any atom is -0.493 e. The molecule has 0 fully saturated rings. The number of hydrogen-bond donors (Lipinski definition) is 0. The highest BCUT2D eigenvalue weighted by Crippen LogP contribution is 2.36. The lowest BCUT2D eigenvalue weighted by molar-refractivity contribution is 0.284. The zero-order valence-corrected chi connectivity index (χ0v) is 18.3. The molecule has 0 spiro atoms. The molecule has 160 valence electrons. The van der Waals surface area contributed by atoms with Crippen molar-refractivity contribution in [2.45, 2.75) is 6.61 Å². The minimum atomic E-state index is 0.405. The maximum Gasteiger partial charge on any atom is 0.180 e. The van der Waals surface area contributed by atoms with E-state index in [2.05, 4.69) is 4.99 Å². The maximum absolute atomic E-state index is 6.48. The van der Waals surface area contributed by atoms with Crippen molar-refractivity contribution in [3.63, 3.8) is 0 Å². The van der Waals surface area contributed by atoms with Gasteiger partial charge in [-0.2, -0.15) is 0 Å². The highest BCUT2D eigenvalue weighted by Gasteiger charge is 2.12. The summed E-state index contributed by atoms with van der Waals surface area (Å²) < 4.78 is 17.2. The molecule has 0 saturated carbocycles. The van der Waals surface area contributed by atoms with Crippen molar-refractivity contribution in [1.29, 1.82) is 0 Å². The third kappa shape index (κ3) is 5.68. The molecule has 0 bridgehead atoms. The van der Waals surface area contributed by atoms with Crippen LogP contribution in [0.25, 0.3) is 0 Å². The number of rotatable bonds is 8. The molecule has 0 saturated heterocycles. The number of hydrogen-bond acceptors (Lipinski definition) is 4. The number of halogens is 1. The molecule has 32 heavy (non-hydrogen) atoms. The molecule has 4 aromatic carbocycles. The average Bonchev–Trinajstić information content (AvgIpc) is 2.84. The van der Waals surface area contributed by atoms with Crippen molar-refractivity contribution in [1.82, 2.24) is 0 Å². The van der Waals surface area contributed by atoms with Gasteiger partial charge in [0.15, 0.2) is 11.5 Å². The first-order valence-electron chi connectivity index (χ1n) is 10.1. The van der Waals surface area contributed by atoms with E-state index in [1.54, 1.807) is 19.4 Å². The molecule has 4 nitrogen and oxygen atoms in total. The van der Waals surface area contributed by atoms with Gasteiger partial charge in [0.2, 0.25) is 0 Å². The molecule has 4 rings (SSSR count). The SMILES string of the molecule is COc1cc(C=Nc2ccc(Oc3ccccc3)cc2)cc(Cl)c1OCc1ccccc1. The molecule has 0 aliphatic rings. The fourth-order valence-electron chi connectivity index (χ4n) is 3.06. The van der Waals surface area contributed by atoms with Crippen molar-refractivity contribution in [3.8, 4) is 23.0 Å². The Labute approximate surface area is 192 Å². The third-order valence-corrected chi connectivity index (χ3v) is 4.94. The molecule has 0 radical (unpaired) electrons. The summed E-state index contributed by atoms with van der Waals surface area (Å²) in [5.41, 5.74) is 2.66. The number of benzene rings is 4. The van der Waals surface area contributed by atoms with Gasteiger partial charge in [-0.1, -0.05) is 60.1 Å². The summed E-state index contributed by atoms with van der Waals surface area (Å²) in [6.07, 6.45) is 1.74. The van der Waals surface area contributed by atoms with Crippen molar-refractivity contribution >= 4 is 23.5 Å². The molecule has 5 heteroatoms. The first-order chi connectivity index (χ1) is 15.7. The standard InChI is InChI=1S/C27H22ClNO3/c1-30-26-17-21(16-25(28)27(26)31-19-20-8-4-2-5-9-20)18-29-22-12-14-24(15-13-22)32-23-10-6-3-7-11-23/h2-18H,19H2,1H3. The third-order valence-electron chi connectivity index (χ3n) is 4.66. The zero-order valence-electron chi connectivity index (χ0n) is 17.6. The number of para-hydroxylation sites is 1. The minimum absolute atomic E-state index is 0.405. The molecule has 0 aliphatic carbocycles. The second kappa shape index (κ2) is 10.5. The summed E-state index contributed by atoms with van der Waals surface area (Å²) in [7, 11) is 1.59. The highest BCUT2D eigenvalue weighted by atomic mass is 35.5. The highest BCUT2D eigenvalue weighted by molar-refractivity contribution is 6.32. The van der Waals surface area contributed by atoms with Crippen LogP contribution in [0.2, 0.25) is 5.02 Å². The molecule has 0 heterocycles. The van der Waals surface area contributed by atoms with E-state index in [1.165, 1.54) is 0 Å². The van der Waals surface area contributed by atoms with E-state index in [-0.39, 0.29) is 0 Å². The van der Waals surface area contributed by atoms with Crippen molar-refractivity contribution in [2.75, 3.05) is 7.11 Å². The van der Waals surface area contributed by atoms with Gasteiger partial charge in [-0.05, 0) is 59.7 Å².